The highest BCUT2D eigenvalue weighted by Crippen LogP contribution is 2.54. The number of hydrogen-bond acceptors (Lipinski definition) is 2. The van der Waals surface area contributed by atoms with Crippen molar-refractivity contribution in [2.75, 3.05) is 13.2 Å². The van der Waals surface area contributed by atoms with Crippen LogP contribution in [0.1, 0.15) is 71.1 Å². The van der Waals surface area contributed by atoms with E-state index in [-0.39, 0.29) is 5.41 Å². The Morgan fingerprint density at radius 2 is 2.00 bits per heavy atom. The number of nitrogens with one attached hydrogen (secondary N) is 1. The molecular weight excluding hydrogens is 248 g/mol. The van der Waals surface area contributed by atoms with E-state index < -0.39 is 0 Å². The van der Waals surface area contributed by atoms with Gasteiger partial charge in [-0.25, -0.2) is 0 Å². The maximum atomic E-state index is 7.79. The van der Waals surface area contributed by atoms with E-state index >= 15 is 0 Å². The van der Waals surface area contributed by atoms with E-state index in [4.69, 9.17) is 15.9 Å². The zero-order chi connectivity index (χ0) is 14.4. The summed E-state index contributed by atoms with van der Waals surface area (Å²) in [6, 6.07) is 0. The summed E-state index contributed by atoms with van der Waals surface area (Å²) in [5.74, 6) is 1.84. The summed E-state index contributed by atoms with van der Waals surface area (Å²) in [7, 11) is 0. The largest absolute Gasteiger partial charge is 0.387 e. The molecule has 116 valence electrons. The van der Waals surface area contributed by atoms with Gasteiger partial charge < -0.3 is 10.5 Å². The fourth-order valence-electron chi connectivity index (χ4n) is 3.94. The predicted molar refractivity (Wildman–Crippen MR) is 84.0 cm³/mol. The Hall–Kier alpha value is -0.570. The first-order chi connectivity index (χ1) is 9.69. The summed E-state index contributed by atoms with van der Waals surface area (Å²) in [6.45, 7) is 4.09. The molecule has 0 aromatic heterocycles. The molecule has 2 saturated carbocycles. The molecule has 0 spiro atoms. The molecule has 0 radical (unpaired) electrons. The molecule has 1 unspecified atom stereocenters. The fourth-order valence-corrected chi connectivity index (χ4v) is 3.94. The van der Waals surface area contributed by atoms with Crippen LogP contribution >= 0.6 is 0 Å². The second-order valence-corrected chi connectivity index (χ2v) is 6.90. The van der Waals surface area contributed by atoms with Crippen molar-refractivity contribution >= 4 is 5.84 Å². The van der Waals surface area contributed by atoms with Crippen molar-refractivity contribution in [3.8, 4) is 0 Å². The molecule has 2 rings (SSSR count). The van der Waals surface area contributed by atoms with Crippen LogP contribution < -0.4 is 5.73 Å². The third-order valence-electron chi connectivity index (χ3n) is 5.52. The zero-order valence-corrected chi connectivity index (χ0v) is 13.1. The van der Waals surface area contributed by atoms with Gasteiger partial charge in [-0.15, -0.1) is 0 Å². The number of nitrogens with two attached hydrogens (primary N) is 1. The quantitative estimate of drug-likeness (QED) is 0.379. The van der Waals surface area contributed by atoms with E-state index in [9.17, 15) is 0 Å². The summed E-state index contributed by atoms with van der Waals surface area (Å²) in [4.78, 5) is 0. The standard InChI is InChI=1S/C17H32N2O/c1-2-15(17(10-11-17)16(18)19)9-6-12-20-13-14-7-4-3-5-8-14/h14-15H,2-13H2,1H3,(H3,18,19). The molecule has 1 atom stereocenters. The van der Waals surface area contributed by atoms with Gasteiger partial charge in [0.25, 0.3) is 0 Å². The highest BCUT2D eigenvalue weighted by molar-refractivity contribution is 5.86. The van der Waals surface area contributed by atoms with Crippen molar-refractivity contribution in [1.29, 1.82) is 5.41 Å². The lowest BCUT2D eigenvalue weighted by Gasteiger charge is -2.25. The highest BCUT2D eigenvalue weighted by atomic mass is 16.5. The van der Waals surface area contributed by atoms with Crippen LogP contribution in [-0.2, 0) is 4.74 Å². The molecule has 3 nitrogen and oxygen atoms in total. The predicted octanol–water partition coefficient (Wildman–Crippen LogP) is 4.11. The average molecular weight is 280 g/mol. The molecule has 0 aromatic carbocycles. The van der Waals surface area contributed by atoms with E-state index in [0.717, 1.165) is 44.8 Å². The molecule has 2 fully saturated rings. The smallest absolute Gasteiger partial charge is 0.0971 e. The molecule has 0 amide bonds. The molecular formula is C17H32N2O. The van der Waals surface area contributed by atoms with Gasteiger partial charge in [-0.2, -0.15) is 0 Å². The minimum absolute atomic E-state index is 0.0676. The lowest BCUT2D eigenvalue weighted by molar-refractivity contribution is 0.0791. The minimum atomic E-state index is 0.0676. The average Bonchev–Trinajstić information content (AvgIpc) is 3.25. The molecule has 0 bridgehead atoms. The van der Waals surface area contributed by atoms with Crippen molar-refractivity contribution in [2.24, 2.45) is 23.0 Å². The molecule has 0 heterocycles. The molecule has 0 aliphatic heterocycles. The van der Waals surface area contributed by atoms with Gasteiger partial charge in [-0.1, -0.05) is 32.6 Å². The molecule has 3 N–H and O–H groups in total. The maximum Gasteiger partial charge on any atom is 0.0971 e. The summed E-state index contributed by atoms with van der Waals surface area (Å²) < 4.78 is 5.88. The van der Waals surface area contributed by atoms with E-state index in [1.807, 2.05) is 0 Å². The van der Waals surface area contributed by atoms with Crippen molar-refractivity contribution < 1.29 is 4.74 Å². The maximum absolute atomic E-state index is 7.79. The number of ether oxygens (including phenoxy) is 1. The highest BCUT2D eigenvalue weighted by Gasteiger charge is 2.50. The van der Waals surface area contributed by atoms with Crippen LogP contribution in [0.4, 0.5) is 0 Å². The van der Waals surface area contributed by atoms with Gasteiger partial charge >= 0.3 is 0 Å². The second kappa shape index (κ2) is 7.44. The van der Waals surface area contributed by atoms with E-state index in [0.29, 0.717) is 11.8 Å². The van der Waals surface area contributed by atoms with Gasteiger partial charge in [0.2, 0.25) is 0 Å². The van der Waals surface area contributed by atoms with Gasteiger partial charge in [0.05, 0.1) is 5.84 Å². The minimum Gasteiger partial charge on any atom is -0.387 e. The topological polar surface area (TPSA) is 59.1 Å². The van der Waals surface area contributed by atoms with Gasteiger partial charge in [0, 0.05) is 18.6 Å². The first-order valence-electron chi connectivity index (χ1n) is 8.61. The lowest BCUT2D eigenvalue weighted by atomic mass is 9.82. The van der Waals surface area contributed by atoms with Gasteiger partial charge in [-0.05, 0) is 50.4 Å². The number of hydrogen-bond donors (Lipinski definition) is 2. The van der Waals surface area contributed by atoms with Crippen molar-refractivity contribution in [1.82, 2.24) is 0 Å². The summed E-state index contributed by atoms with van der Waals surface area (Å²) in [5.41, 5.74) is 5.86. The first-order valence-corrected chi connectivity index (χ1v) is 8.61. The van der Waals surface area contributed by atoms with E-state index in [1.54, 1.807) is 0 Å². The molecule has 0 aromatic rings. The molecule has 2 aliphatic carbocycles. The van der Waals surface area contributed by atoms with Crippen molar-refractivity contribution in [3.63, 3.8) is 0 Å². The SMILES string of the molecule is CCC(CCCOCC1CCCCC1)C1(C(=N)N)CC1. The van der Waals surface area contributed by atoms with Gasteiger partial charge in [0.1, 0.15) is 0 Å². The third kappa shape index (κ3) is 3.97. The number of rotatable bonds is 9. The van der Waals surface area contributed by atoms with Crippen LogP contribution in [0.5, 0.6) is 0 Å². The first kappa shape index (κ1) is 15.8. The van der Waals surface area contributed by atoms with Crippen LogP contribution in [0.2, 0.25) is 0 Å². The van der Waals surface area contributed by atoms with Crippen LogP contribution in [0.25, 0.3) is 0 Å². The Bertz CT molecular complexity index is 306. The van der Waals surface area contributed by atoms with Crippen molar-refractivity contribution in [3.05, 3.63) is 0 Å². The summed E-state index contributed by atoms with van der Waals surface area (Å²) >= 11 is 0. The fraction of sp³-hybridized carbons (Fsp3) is 0.941. The van der Waals surface area contributed by atoms with Crippen LogP contribution in [-0.4, -0.2) is 19.0 Å². The Kier molecular flexibility index (Phi) is 5.88. The monoisotopic (exact) mass is 280 g/mol. The molecule has 3 heteroatoms. The van der Waals surface area contributed by atoms with Gasteiger partial charge in [0.15, 0.2) is 0 Å². The second-order valence-electron chi connectivity index (χ2n) is 6.90. The van der Waals surface area contributed by atoms with Gasteiger partial charge in [-0.3, -0.25) is 5.41 Å². The Labute approximate surface area is 124 Å². The number of amidine groups is 1. The summed E-state index contributed by atoms with van der Waals surface area (Å²) in [5, 5.41) is 7.79. The van der Waals surface area contributed by atoms with Crippen molar-refractivity contribution in [2.45, 2.75) is 71.1 Å². The Morgan fingerprint density at radius 1 is 1.30 bits per heavy atom. The third-order valence-corrected chi connectivity index (χ3v) is 5.52. The Morgan fingerprint density at radius 3 is 2.55 bits per heavy atom. The molecule has 2 aliphatic rings. The lowest BCUT2D eigenvalue weighted by Crippen LogP contribution is -2.31. The van der Waals surface area contributed by atoms with Crippen LogP contribution in [0.3, 0.4) is 0 Å². The molecule has 0 saturated heterocycles. The van der Waals surface area contributed by atoms with E-state index in [2.05, 4.69) is 6.92 Å². The summed E-state index contributed by atoms with van der Waals surface area (Å²) in [6.07, 6.45) is 12.6. The molecule has 20 heavy (non-hydrogen) atoms. The van der Waals surface area contributed by atoms with Crippen LogP contribution in [0, 0.1) is 22.7 Å². The zero-order valence-electron chi connectivity index (χ0n) is 13.1. The Balaban J connectivity index is 1.59. The van der Waals surface area contributed by atoms with E-state index in [1.165, 1.54) is 38.5 Å². The normalized spacial score (nSPS) is 23.4. The van der Waals surface area contributed by atoms with Crippen LogP contribution in [0.15, 0.2) is 0 Å².